The lowest BCUT2D eigenvalue weighted by Crippen LogP contribution is -2.27. The van der Waals surface area contributed by atoms with Crippen LogP contribution in [-0.2, 0) is 14.3 Å². The van der Waals surface area contributed by atoms with E-state index in [4.69, 9.17) is 4.74 Å². The number of ketones is 1. The van der Waals surface area contributed by atoms with E-state index in [0.717, 1.165) is 18.4 Å². The molecule has 1 aliphatic rings. The molecule has 0 aromatic rings. The van der Waals surface area contributed by atoms with E-state index in [0.29, 0.717) is 18.4 Å². The van der Waals surface area contributed by atoms with Crippen LogP contribution < -0.4 is 0 Å². The van der Waals surface area contributed by atoms with Crippen LogP contribution in [0.5, 0.6) is 0 Å². The first-order chi connectivity index (χ1) is 11.6. The number of carbonyl (C=O) groups is 2. The van der Waals surface area contributed by atoms with Gasteiger partial charge in [-0.25, -0.2) is 4.79 Å². The van der Waals surface area contributed by atoms with Crippen molar-refractivity contribution in [2.45, 2.75) is 97.5 Å². The van der Waals surface area contributed by atoms with Gasteiger partial charge >= 0.3 is 5.97 Å². The molecule has 0 unspecified atom stereocenters. The number of Topliss-reactive ketones (excluding diaryl/α,β-unsaturated/α-hetero) is 1. The maximum Gasteiger partial charge on any atom is 0.341 e. The highest BCUT2D eigenvalue weighted by atomic mass is 16.5. The van der Waals surface area contributed by atoms with E-state index in [-0.39, 0.29) is 11.9 Å². The molecule has 0 aromatic heterocycles. The van der Waals surface area contributed by atoms with Crippen molar-refractivity contribution in [1.82, 2.24) is 0 Å². The minimum Gasteiger partial charge on any atom is -0.459 e. The van der Waals surface area contributed by atoms with Gasteiger partial charge in [0.15, 0.2) is 5.78 Å². The molecule has 136 valence electrons. The Hall–Kier alpha value is -1.38. The zero-order valence-electron chi connectivity index (χ0n) is 15.7. The fourth-order valence-corrected chi connectivity index (χ4v) is 3.24. The Labute approximate surface area is 147 Å². The first-order valence-electron chi connectivity index (χ1n) is 9.61. The topological polar surface area (TPSA) is 43.4 Å². The van der Waals surface area contributed by atoms with Gasteiger partial charge in [0, 0.05) is 12.8 Å². The molecular formula is C21H34O3. The van der Waals surface area contributed by atoms with Crippen LogP contribution >= 0.6 is 0 Å². The molecule has 0 saturated carbocycles. The molecule has 0 amide bonds. The average Bonchev–Trinajstić information content (AvgIpc) is 2.51. The lowest BCUT2D eigenvalue weighted by Gasteiger charge is -2.22. The molecule has 1 rings (SSSR count). The molecule has 3 heteroatoms. The van der Waals surface area contributed by atoms with Crippen molar-refractivity contribution in [3.05, 3.63) is 23.3 Å². The monoisotopic (exact) mass is 334 g/mol. The zero-order valence-corrected chi connectivity index (χ0v) is 15.7. The molecular weight excluding hydrogens is 300 g/mol. The molecule has 0 N–H and O–H groups in total. The van der Waals surface area contributed by atoms with Gasteiger partial charge in [-0.05, 0) is 40.0 Å². The number of unbranched alkanes of at least 4 members (excludes halogenated alkanes) is 8. The SMILES string of the molecule is C/C=C/CCCCCCCCCCC(=O)C1=C(C)C[C@H](C)OC1=O. The third-order valence-corrected chi connectivity index (χ3v) is 4.57. The number of cyclic esters (lactones) is 1. The summed E-state index contributed by atoms with van der Waals surface area (Å²) >= 11 is 0. The van der Waals surface area contributed by atoms with Gasteiger partial charge in [0.1, 0.15) is 11.7 Å². The maximum atomic E-state index is 12.2. The third-order valence-electron chi connectivity index (χ3n) is 4.57. The van der Waals surface area contributed by atoms with Crippen molar-refractivity contribution in [3.63, 3.8) is 0 Å². The molecule has 1 heterocycles. The number of allylic oxidation sites excluding steroid dienone is 2. The Balaban J connectivity index is 2.08. The molecule has 0 aromatic carbocycles. The normalized spacial score (nSPS) is 18.3. The molecule has 3 nitrogen and oxygen atoms in total. The van der Waals surface area contributed by atoms with Crippen LogP contribution in [0.1, 0.15) is 91.4 Å². The average molecular weight is 335 g/mol. The van der Waals surface area contributed by atoms with Crippen LogP contribution in [0.15, 0.2) is 23.3 Å². The van der Waals surface area contributed by atoms with Gasteiger partial charge in [0.25, 0.3) is 0 Å². The minimum absolute atomic E-state index is 0.0339. The Morgan fingerprint density at radius 1 is 1.08 bits per heavy atom. The maximum absolute atomic E-state index is 12.2. The van der Waals surface area contributed by atoms with E-state index in [9.17, 15) is 9.59 Å². The van der Waals surface area contributed by atoms with E-state index in [1.54, 1.807) is 0 Å². The van der Waals surface area contributed by atoms with Crippen molar-refractivity contribution < 1.29 is 14.3 Å². The molecule has 0 spiro atoms. The van der Waals surface area contributed by atoms with Crippen molar-refractivity contribution in [2.75, 3.05) is 0 Å². The van der Waals surface area contributed by atoms with E-state index in [2.05, 4.69) is 19.1 Å². The van der Waals surface area contributed by atoms with Gasteiger partial charge in [0.2, 0.25) is 0 Å². The summed E-state index contributed by atoms with van der Waals surface area (Å²) in [6.45, 7) is 5.81. The molecule has 24 heavy (non-hydrogen) atoms. The Morgan fingerprint density at radius 2 is 1.67 bits per heavy atom. The van der Waals surface area contributed by atoms with Gasteiger partial charge < -0.3 is 4.74 Å². The van der Waals surface area contributed by atoms with Crippen LogP contribution in [0.2, 0.25) is 0 Å². The molecule has 0 radical (unpaired) electrons. The second kappa shape index (κ2) is 12.0. The van der Waals surface area contributed by atoms with Gasteiger partial charge in [-0.1, -0.05) is 56.3 Å². The predicted octanol–water partition coefficient (Wildman–Crippen LogP) is 5.68. The van der Waals surface area contributed by atoms with Crippen LogP contribution in [0.25, 0.3) is 0 Å². The van der Waals surface area contributed by atoms with Gasteiger partial charge in [-0.15, -0.1) is 0 Å². The predicted molar refractivity (Wildman–Crippen MR) is 98.9 cm³/mol. The number of carbonyl (C=O) groups excluding carboxylic acids is 2. The largest absolute Gasteiger partial charge is 0.459 e. The number of hydrogen-bond acceptors (Lipinski definition) is 3. The number of ether oxygens (including phenoxy) is 1. The minimum atomic E-state index is -0.422. The zero-order chi connectivity index (χ0) is 17.8. The number of esters is 1. The van der Waals surface area contributed by atoms with Crippen molar-refractivity contribution in [1.29, 1.82) is 0 Å². The number of hydrogen-bond donors (Lipinski definition) is 0. The Morgan fingerprint density at radius 3 is 2.25 bits per heavy atom. The Kier molecular flexibility index (Phi) is 10.4. The summed E-state index contributed by atoms with van der Waals surface area (Å²) in [4.78, 5) is 24.1. The summed E-state index contributed by atoms with van der Waals surface area (Å²) < 4.78 is 5.18. The smallest absolute Gasteiger partial charge is 0.341 e. The molecule has 0 fully saturated rings. The second-order valence-electron chi connectivity index (χ2n) is 6.93. The fourth-order valence-electron chi connectivity index (χ4n) is 3.24. The third kappa shape index (κ3) is 7.94. The standard InChI is InChI=1S/C21H34O3/c1-4-5-6-7-8-9-10-11-12-13-14-15-19(22)20-17(2)16-18(3)24-21(20)23/h4-5,18H,6-16H2,1-3H3/b5-4+/t18-/m0/s1. The fraction of sp³-hybridized carbons (Fsp3) is 0.714. The lowest BCUT2D eigenvalue weighted by atomic mass is 9.95. The van der Waals surface area contributed by atoms with E-state index in [1.807, 2.05) is 13.8 Å². The quantitative estimate of drug-likeness (QED) is 0.199. The summed E-state index contributed by atoms with van der Waals surface area (Å²) in [6.07, 6.45) is 16.2. The van der Waals surface area contributed by atoms with Crippen molar-refractivity contribution in [3.8, 4) is 0 Å². The molecule has 1 atom stereocenters. The van der Waals surface area contributed by atoms with Gasteiger partial charge in [-0.2, -0.15) is 0 Å². The first-order valence-corrected chi connectivity index (χ1v) is 9.61. The molecule has 0 saturated heterocycles. The molecule has 1 aliphatic heterocycles. The van der Waals surface area contributed by atoms with Crippen molar-refractivity contribution >= 4 is 11.8 Å². The highest BCUT2D eigenvalue weighted by Gasteiger charge is 2.28. The summed E-state index contributed by atoms with van der Waals surface area (Å²) in [5, 5.41) is 0. The lowest BCUT2D eigenvalue weighted by molar-refractivity contribution is -0.146. The van der Waals surface area contributed by atoms with Crippen LogP contribution in [-0.4, -0.2) is 17.9 Å². The second-order valence-corrected chi connectivity index (χ2v) is 6.93. The van der Waals surface area contributed by atoms with Crippen molar-refractivity contribution in [2.24, 2.45) is 0 Å². The van der Waals surface area contributed by atoms with Crippen LogP contribution in [0, 0.1) is 0 Å². The van der Waals surface area contributed by atoms with Crippen LogP contribution in [0.4, 0.5) is 0 Å². The summed E-state index contributed by atoms with van der Waals surface area (Å²) in [7, 11) is 0. The summed E-state index contributed by atoms with van der Waals surface area (Å²) in [5.74, 6) is -0.456. The Bertz CT molecular complexity index is 460. The summed E-state index contributed by atoms with van der Waals surface area (Å²) in [6, 6.07) is 0. The van der Waals surface area contributed by atoms with Gasteiger partial charge in [-0.3, -0.25) is 4.79 Å². The van der Waals surface area contributed by atoms with E-state index in [1.165, 1.54) is 44.9 Å². The molecule has 0 bridgehead atoms. The first kappa shape index (κ1) is 20.7. The van der Waals surface area contributed by atoms with Gasteiger partial charge in [0.05, 0.1) is 0 Å². The van der Waals surface area contributed by atoms with E-state index < -0.39 is 5.97 Å². The molecule has 0 aliphatic carbocycles. The van der Waals surface area contributed by atoms with Crippen LogP contribution in [0.3, 0.4) is 0 Å². The highest BCUT2D eigenvalue weighted by Crippen LogP contribution is 2.23. The number of rotatable bonds is 12. The highest BCUT2D eigenvalue weighted by molar-refractivity contribution is 6.18. The van der Waals surface area contributed by atoms with E-state index >= 15 is 0 Å². The summed E-state index contributed by atoms with van der Waals surface area (Å²) in [5.41, 5.74) is 1.20.